The predicted octanol–water partition coefficient (Wildman–Crippen LogP) is 2.80. The maximum Gasteiger partial charge on any atom is 0.0512 e. The Morgan fingerprint density at radius 3 is 2.81 bits per heavy atom. The fraction of sp³-hybridized carbons (Fsp3) is 1.00. The van der Waals surface area contributed by atoms with Crippen LogP contribution >= 0.6 is 0 Å². The van der Waals surface area contributed by atoms with Gasteiger partial charge in [0, 0.05) is 6.04 Å². The van der Waals surface area contributed by atoms with Crippen molar-refractivity contribution >= 4 is 0 Å². The lowest BCUT2D eigenvalue weighted by molar-refractivity contribution is 0.163. The van der Waals surface area contributed by atoms with Crippen LogP contribution in [-0.4, -0.2) is 35.2 Å². The molecule has 2 nitrogen and oxygen atoms in total. The third kappa shape index (κ3) is 3.21. The number of fused-ring (bicyclic) bond motifs is 1. The van der Waals surface area contributed by atoms with E-state index in [1.165, 1.54) is 58.0 Å². The Balaban J connectivity index is 1.66. The second-order valence-electron chi connectivity index (χ2n) is 5.78. The van der Waals surface area contributed by atoms with Crippen LogP contribution in [0, 0.1) is 5.92 Å². The summed E-state index contributed by atoms with van der Waals surface area (Å²) in [4.78, 5) is 2.73. The Bertz CT molecular complexity index is 205. The Hall–Kier alpha value is -0.0800. The molecule has 0 aromatic carbocycles. The molecule has 2 aliphatic rings. The number of rotatable bonds is 5. The standard InChI is InChI=1S/C14H27NO/c1-12(16)6-4-5-10-15-11-9-13-7-2-3-8-14(13)15/h12-14,16H,2-11H2,1H3. The van der Waals surface area contributed by atoms with E-state index in [0.29, 0.717) is 0 Å². The molecule has 2 heteroatoms. The topological polar surface area (TPSA) is 23.5 Å². The van der Waals surface area contributed by atoms with Crippen LogP contribution in [0.4, 0.5) is 0 Å². The van der Waals surface area contributed by atoms with Crippen molar-refractivity contribution in [1.29, 1.82) is 0 Å². The van der Waals surface area contributed by atoms with Crippen LogP contribution in [0.2, 0.25) is 0 Å². The SMILES string of the molecule is CC(O)CCCCN1CCC2CCCCC21. The first-order valence-corrected chi connectivity index (χ1v) is 7.19. The Morgan fingerprint density at radius 2 is 2.00 bits per heavy atom. The zero-order chi connectivity index (χ0) is 11.4. The van der Waals surface area contributed by atoms with E-state index in [-0.39, 0.29) is 6.10 Å². The summed E-state index contributed by atoms with van der Waals surface area (Å²) >= 11 is 0. The van der Waals surface area contributed by atoms with Crippen LogP contribution in [-0.2, 0) is 0 Å². The van der Waals surface area contributed by atoms with Gasteiger partial charge in [0.05, 0.1) is 6.10 Å². The molecule has 94 valence electrons. The van der Waals surface area contributed by atoms with Crippen molar-refractivity contribution in [3.63, 3.8) is 0 Å². The van der Waals surface area contributed by atoms with Crippen LogP contribution in [0.3, 0.4) is 0 Å². The highest BCUT2D eigenvalue weighted by molar-refractivity contribution is 4.89. The first kappa shape index (κ1) is 12.4. The summed E-state index contributed by atoms with van der Waals surface area (Å²) in [6.07, 6.45) is 10.6. The lowest BCUT2D eigenvalue weighted by Gasteiger charge is -2.31. The van der Waals surface area contributed by atoms with E-state index in [2.05, 4.69) is 4.90 Å². The molecule has 1 N–H and O–H groups in total. The van der Waals surface area contributed by atoms with Gasteiger partial charge >= 0.3 is 0 Å². The molecule has 16 heavy (non-hydrogen) atoms. The van der Waals surface area contributed by atoms with E-state index >= 15 is 0 Å². The lowest BCUT2D eigenvalue weighted by atomic mass is 9.85. The number of aliphatic hydroxyl groups is 1. The monoisotopic (exact) mass is 225 g/mol. The Morgan fingerprint density at radius 1 is 1.19 bits per heavy atom. The molecular formula is C14H27NO. The van der Waals surface area contributed by atoms with E-state index in [1.54, 1.807) is 0 Å². The van der Waals surface area contributed by atoms with E-state index in [9.17, 15) is 5.11 Å². The highest BCUT2D eigenvalue weighted by Gasteiger charge is 2.34. The molecule has 3 unspecified atom stereocenters. The fourth-order valence-electron chi connectivity index (χ4n) is 3.54. The van der Waals surface area contributed by atoms with Gasteiger partial charge in [0.15, 0.2) is 0 Å². The van der Waals surface area contributed by atoms with Crippen molar-refractivity contribution in [2.75, 3.05) is 13.1 Å². The van der Waals surface area contributed by atoms with E-state index in [0.717, 1.165) is 18.4 Å². The minimum absolute atomic E-state index is 0.110. The number of hydrogen-bond acceptors (Lipinski definition) is 2. The van der Waals surface area contributed by atoms with Crippen molar-refractivity contribution in [3.05, 3.63) is 0 Å². The smallest absolute Gasteiger partial charge is 0.0512 e. The number of hydrogen-bond donors (Lipinski definition) is 1. The normalized spacial score (nSPS) is 32.6. The summed E-state index contributed by atoms with van der Waals surface area (Å²) in [6.45, 7) is 4.50. The summed E-state index contributed by atoms with van der Waals surface area (Å²) in [6, 6.07) is 0.917. The molecular weight excluding hydrogens is 198 g/mol. The molecule has 1 aliphatic carbocycles. The van der Waals surface area contributed by atoms with Gasteiger partial charge in [-0.1, -0.05) is 12.8 Å². The van der Waals surface area contributed by atoms with Crippen LogP contribution in [0.15, 0.2) is 0 Å². The van der Waals surface area contributed by atoms with Gasteiger partial charge in [-0.15, -0.1) is 0 Å². The Kier molecular flexibility index (Phi) is 4.66. The zero-order valence-corrected chi connectivity index (χ0v) is 10.7. The first-order chi connectivity index (χ1) is 7.77. The molecule has 2 fully saturated rings. The molecule has 1 saturated carbocycles. The maximum absolute atomic E-state index is 9.22. The number of nitrogens with zero attached hydrogens (tertiary/aromatic N) is 1. The average Bonchev–Trinajstić information content (AvgIpc) is 2.68. The molecule has 0 aromatic rings. The predicted molar refractivity (Wildman–Crippen MR) is 67.5 cm³/mol. The maximum atomic E-state index is 9.22. The minimum atomic E-state index is -0.110. The molecule has 1 aliphatic heterocycles. The lowest BCUT2D eigenvalue weighted by Crippen LogP contribution is -2.35. The van der Waals surface area contributed by atoms with Crippen molar-refractivity contribution in [1.82, 2.24) is 4.90 Å². The summed E-state index contributed by atoms with van der Waals surface area (Å²) in [5.74, 6) is 1.02. The summed E-state index contributed by atoms with van der Waals surface area (Å²) in [7, 11) is 0. The second kappa shape index (κ2) is 6.02. The highest BCUT2D eigenvalue weighted by atomic mass is 16.3. The summed E-state index contributed by atoms with van der Waals surface area (Å²) < 4.78 is 0. The van der Waals surface area contributed by atoms with Crippen molar-refractivity contribution < 1.29 is 5.11 Å². The van der Waals surface area contributed by atoms with Crippen LogP contribution in [0.5, 0.6) is 0 Å². The van der Waals surface area contributed by atoms with Gasteiger partial charge in [0.1, 0.15) is 0 Å². The second-order valence-corrected chi connectivity index (χ2v) is 5.78. The average molecular weight is 225 g/mol. The third-order valence-corrected chi connectivity index (χ3v) is 4.44. The molecule has 1 heterocycles. The third-order valence-electron chi connectivity index (χ3n) is 4.44. The molecule has 2 rings (SSSR count). The quantitative estimate of drug-likeness (QED) is 0.727. The number of likely N-dealkylation sites (tertiary alicyclic amines) is 1. The van der Waals surface area contributed by atoms with Crippen molar-refractivity contribution in [3.8, 4) is 0 Å². The van der Waals surface area contributed by atoms with Gasteiger partial charge in [-0.25, -0.2) is 0 Å². The molecule has 0 radical (unpaired) electrons. The fourth-order valence-corrected chi connectivity index (χ4v) is 3.54. The molecule has 0 aromatic heterocycles. The van der Waals surface area contributed by atoms with Gasteiger partial charge in [-0.05, 0) is 64.5 Å². The largest absolute Gasteiger partial charge is 0.393 e. The zero-order valence-electron chi connectivity index (χ0n) is 10.7. The minimum Gasteiger partial charge on any atom is -0.393 e. The Labute approximate surface area is 100 Å². The molecule has 0 bridgehead atoms. The number of unbranched alkanes of at least 4 members (excludes halogenated alkanes) is 1. The van der Waals surface area contributed by atoms with Gasteiger partial charge in [-0.3, -0.25) is 0 Å². The highest BCUT2D eigenvalue weighted by Crippen LogP contribution is 2.36. The van der Waals surface area contributed by atoms with Crippen LogP contribution in [0.25, 0.3) is 0 Å². The summed E-state index contributed by atoms with van der Waals surface area (Å²) in [5, 5.41) is 9.22. The van der Waals surface area contributed by atoms with Crippen LogP contribution < -0.4 is 0 Å². The van der Waals surface area contributed by atoms with Crippen LogP contribution in [0.1, 0.15) is 58.3 Å². The van der Waals surface area contributed by atoms with Crippen molar-refractivity contribution in [2.45, 2.75) is 70.4 Å². The van der Waals surface area contributed by atoms with Gasteiger partial charge in [0.2, 0.25) is 0 Å². The molecule has 0 amide bonds. The van der Waals surface area contributed by atoms with E-state index < -0.39 is 0 Å². The molecule has 1 saturated heterocycles. The first-order valence-electron chi connectivity index (χ1n) is 7.19. The van der Waals surface area contributed by atoms with Gasteiger partial charge in [-0.2, -0.15) is 0 Å². The number of aliphatic hydroxyl groups excluding tert-OH is 1. The molecule has 0 spiro atoms. The summed E-state index contributed by atoms with van der Waals surface area (Å²) in [5.41, 5.74) is 0. The molecule has 3 atom stereocenters. The van der Waals surface area contributed by atoms with Gasteiger partial charge in [0.25, 0.3) is 0 Å². The van der Waals surface area contributed by atoms with E-state index in [1.807, 2.05) is 6.92 Å². The van der Waals surface area contributed by atoms with Gasteiger partial charge < -0.3 is 10.0 Å². The van der Waals surface area contributed by atoms with Crippen molar-refractivity contribution in [2.24, 2.45) is 5.92 Å². The van der Waals surface area contributed by atoms with E-state index in [4.69, 9.17) is 0 Å².